The fourth-order valence-corrected chi connectivity index (χ4v) is 4.12. The molecule has 1 amide bonds. The van der Waals surface area contributed by atoms with Gasteiger partial charge in [-0.2, -0.15) is 0 Å². The Hall–Kier alpha value is -3.64. The van der Waals surface area contributed by atoms with E-state index in [1.54, 1.807) is 43.5 Å². The van der Waals surface area contributed by atoms with Crippen LogP contribution in [0, 0.1) is 6.92 Å². The Morgan fingerprint density at radius 3 is 2.55 bits per heavy atom. The summed E-state index contributed by atoms with van der Waals surface area (Å²) in [5.41, 5.74) is 1.79. The van der Waals surface area contributed by atoms with Crippen molar-refractivity contribution in [2.24, 2.45) is 0 Å². The van der Waals surface area contributed by atoms with Crippen LogP contribution in [0.2, 0.25) is 5.02 Å². The lowest BCUT2D eigenvalue weighted by Gasteiger charge is -2.24. The molecular weight excluding hydrogens is 416 g/mol. The highest BCUT2D eigenvalue weighted by Crippen LogP contribution is 2.41. The number of carbonyl (C=O) groups is 1. The molecule has 3 heterocycles. The van der Waals surface area contributed by atoms with E-state index in [1.165, 1.54) is 4.90 Å². The molecule has 2 aromatic heterocycles. The quantitative estimate of drug-likeness (QED) is 0.460. The average molecular weight is 433 g/mol. The van der Waals surface area contributed by atoms with Crippen molar-refractivity contribution < 1.29 is 13.9 Å². The van der Waals surface area contributed by atoms with Crippen LogP contribution in [-0.4, -0.2) is 18.0 Å². The van der Waals surface area contributed by atoms with Gasteiger partial charge in [0.25, 0.3) is 5.91 Å². The van der Waals surface area contributed by atoms with Crippen molar-refractivity contribution in [1.29, 1.82) is 0 Å². The Morgan fingerprint density at radius 2 is 1.84 bits per heavy atom. The molecule has 0 spiro atoms. The van der Waals surface area contributed by atoms with E-state index in [4.69, 9.17) is 20.8 Å². The Bertz CT molecular complexity index is 1400. The fraction of sp³-hybridized carbons (Fsp3) is 0.125. The van der Waals surface area contributed by atoms with Gasteiger partial charge in [-0.1, -0.05) is 29.8 Å². The summed E-state index contributed by atoms with van der Waals surface area (Å²) in [7, 11) is 1.58. The molecule has 5 rings (SSSR count). The van der Waals surface area contributed by atoms with E-state index in [0.29, 0.717) is 27.6 Å². The van der Waals surface area contributed by atoms with Crippen molar-refractivity contribution in [3.05, 3.63) is 98.5 Å². The first-order valence-electron chi connectivity index (χ1n) is 9.65. The molecule has 0 saturated heterocycles. The first-order chi connectivity index (χ1) is 15.0. The van der Waals surface area contributed by atoms with Gasteiger partial charge in [0.15, 0.2) is 5.43 Å². The summed E-state index contributed by atoms with van der Waals surface area (Å²) >= 11 is 6.12. The number of methoxy groups -OCH3 is 1. The van der Waals surface area contributed by atoms with Crippen LogP contribution >= 0.6 is 11.6 Å². The molecule has 0 saturated carbocycles. The highest BCUT2D eigenvalue weighted by atomic mass is 35.5. The van der Waals surface area contributed by atoms with E-state index in [0.717, 1.165) is 11.3 Å². The highest BCUT2D eigenvalue weighted by Gasteiger charge is 2.44. The molecule has 1 atom stereocenters. The van der Waals surface area contributed by atoms with Gasteiger partial charge in [0.2, 0.25) is 5.76 Å². The van der Waals surface area contributed by atoms with Gasteiger partial charge in [0.1, 0.15) is 17.2 Å². The number of aromatic nitrogens is 1. The van der Waals surface area contributed by atoms with Crippen LogP contribution in [-0.2, 0) is 0 Å². The Morgan fingerprint density at radius 1 is 1.06 bits per heavy atom. The van der Waals surface area contributed by atoms with Gasteiger partial charge >= 0.3 is 0 Å². The van der Waals surface area contributed by atoms with Crippen LogP contribution in [0.1, 0.15) is 33.4 Å². The predicted octanol–water partition coefficient (Wildman–Crippen LogP) is 4.91. The van der Waals surface area contributed by atoms with Crippen molar-refractivity contribution in [3.63, 3.8) is 0 Å². The molecule has 154 valence electrons. The lowest BCUT2D eigenvalue weighted by Crippen LogP contribution is -2.30. The minimum atomic E-state index is -0.692. The first-order valence-corrected chi connectivity index (χ1v) is 10.0. The Labute approximate surface area is 182 Å². The van der Waals surface area contributed by atoms with Crippen LogP contribution in [0.15, 0.2) is 69.9 Å². The number of aryl methyl sites for hydroxylation is 1. The number of ether oxygens (including phenoxy) is 1. The van der Waals surface area contributed by atoms with E-state index >= 15 is 0 Å². The number of halogens is 1. The van der Waals surface area contributed by atoms with Crippen molar-refractivity contribution in [3.8, 4) is 5.75 Å². The maximum atomic E-state index is 13.5. The van der Waals surface area contributed by atoms with Gasteiger partial charge in [0.05, 0.1) is 24.1 Å². The van der Waals surface area contributed by atoms with E-state index in [-0.39, 0.29) is 16.8 Å². The number of pyridine rings is 1. The van der Waals surface area contributed by atoms with Gasteiger partial charge < -0.3 is 9.15 Å². The van der Waals surface area contributed by atoms with Crippen LogP contribution in [0.5, 0.6) is 5.75 Å². The summed E-state index contributed by atoms with van der Waals surface area (Å²) in [6.45, 7) is 1.85. The Balaban J connectivity index is 1.80. The molecule has 31 heavy (non-hydrogen) atoms. The number of rotatable bonds is 3. The number of nitrogens with zero attached hydrogens (tertiary/aromatic N) is 2. The maximum Gasteiger partial charge on any atom is 0.296 e. The molecule has 0 fully saturated rings. The maximum absolute atomic E-state index is 13.5. The zero-order valence-electron chi connectivity index (χ0n) is 16.8. The molecule has 6 nitrogen and oxygen atoms in total. The van der Waals surface area contributed by atoms with Gasteiger partial charge in [-0.3, -0.25) is 14.5 Å². The lowest BCUT2D eigenvalue weighted by atomic mass is 9.98. The third-order valence-corrected chi connectivity index (χ3v) is 5.62. The molecule has 0 bridgehead atoms. The molecule has 1 aliphatic heterocycles. The second-order valence-corrected chi connectivity index (χ2v) is 7.74. The zero-order valence-corrected chi connectivity index (χ0v) is 17.5. The molecule has 0 radical (unpaired) electrons. The van der Waals surface area contributed by atoms with E-state index in [1.807, 2.05) is 31.2 Å². The molecule has 4 aromatic rings. The number of carbonyl (C=O) groups excluding carboxylic acids is 1. The summed E-state index contributed by atoms with van der Waals surface area (Å²) in [5, 5.41) is 0.749. The molecule has 1 aliphatic rings. The number of amides is 1. The zero-order chi connectivity index (χ0) is 21.7. The minimum absolute atomic E-state index is 0.0175. The van der Waals surface area contributed by atoms with Crippen molar-refractivity contribution in [2.45, 2.75) is 13.0 Å². The monoisotopic (exact) mass is 432 g/mol. The normalized spacial score (nSPS) is 15.4. The molecule has 0 unspecified atom stereocenters. The number of anilines is 1. The smallest absolute Gasteiger partial charge is 0.296 e. The van der Waals surface area contributed by atoms with Gasteiger partial charge in [-0.05, 0) is 55.0 Å². The molecule has 0 aliphatic carbocycles. The van der Waals surface area contributed by atoms with E-state index in [2.05, 4.69) is 4.98 Å². The fourth-order valence-electron chi connectivity index (χ4n) is 3.95. The second-order valence-electron chi connectivity index (χ2n) is 7.30. The molecule has 7 heteroatoms. The highest BCUT2D eigenvalue weighted by molar-refractivity contribution is 6.31. The SMILES string of the molecule is COc1ccc([C@H]2c3c(oc4ccc(Cl)cc4c3=O)C(=O)N2c2cccc(C)n2)cc1. The van der Waals surface area contributed by atoms with E-state index in [9.17, 15) is 9.59 Å². The third kappa shape index (κ3) is 3.07. The number of hydrogen-bond donors (Lipinski definition) is 0. The van der Waals surface area contributed by atoms with Crippen molar-refractivity contribution in [1.82, 2.24) is 4.98 Å². The van der Waals surface area contributed by atoms with Gasteiger partial charge in [-0.25, -0.2) is 4.98 Å². The third-order valence-electron chi connectivity index (χ3n) is 5.38. The molecular formula is C24H17ClN2O4. The van der Waals surface area contributed by atoms with Crippen LogP contribution in [0.25, 0.3) is 11.0 Å². The molecule has 0 N–H and O–H groups in total. The second kappa shape index (κ2) is 7.25. The Kier molecular flexibility index (Phi) is 4.52. The van der Waals surface area contributed by atoms with Gasteiger partial charge in [0, 0.05) is 10.7 Å². The number of fused-ring (bicyclic) bond motifs is 2. The summed E-state index contributed by atoms with van der Waals surface area (Å²) in [6.07, 6.45) is 0. The topological polar surface area (TPSA) is 72.6 Å². The summed E-state index contributed by atoms with van der Waals surface area (Å²) in [6, 6.07) is 16.7. The standard InChI is InChI=1S/C24H17ClN2O4/c1-13-4-3-5-19(26-13)27-21(14-6-9-16(30-2)10-7-14)20-22(28)17-12-15(25)8-11-18(17)31-23(20)24(27)29/h3-12,21H,1-2H3/t21-/m0/s1. The van der Waals surface area contributed by atoms with Crippen LogP contribution in [0.3, 0.4) is 0 Å². The predicted molar refractivity (Wildman–Crippen MR) is 118 cm³/mol. The lowest BCUT2D eigenvalue weighted by molar-refractivity contribution is 0.0970. The van der Waals surface area contributed by atoms with Crippen molar-refractivity contribution >= 4 is 34.3 Å². The summed E-state index contributed by atoms with van der Waals surface area (Å²) in [4.78, 5) is 33.0. The largest absolute Gasteiger partial charge is 0.497 e. The minimum Gasteiger partial charge on any atom is -0.497 e. The van der Waals surface area contributed by atoms with Crippen LogP contribution < -0.4 is 15.1 Å². The number of benzene rings is 2. The number of hydrogen-bond acceptors (Lipinski definition) is 5. The van der Waals surface area contributed by atoms with Crippen LogP contribution in [0.4, 0.5) is 5.82 Å². The molecule has 2 aromatic carbocycles. The van der Waals surface area contributed by atoms with Gasteiger partial charge in [-0.15, -0.1) is 0 Å². The average Bonchev–Trinajstić information content (AvgIpc) is 3.07. The van der Waals surface area contributed by atoms with Crippen molar-refractivity contribution in [2.75, 3.05) is 12.0 Å². The summed E-state index contributed by atoms with van der Waals surface area (Å²) < 4.78 is 11.2. The first kappa shape index (κ1) is 19.3. The van der Waals surface area contributed by atoms with E-state index < -0.39 is 11.9 Å². The summed E-state index contributed by atoms with van der Waals surface area (Å²) in [5.74, 6) is 0.719.